The van der Waals surface area contributed by atoms with Crippen LogP contribution in [0.1, 0.15) is 15.9 Å². The highest BCUT2D eigenvalue weighted by molar-refractivity contribution is 6.30. The number of pyridine rings is 1. The number of nitrogens with one attached hydrogen (secondary N) is 1. The SMILES string of the molecule is O=C(C=Cc1ccc(Cl)cc1)c1cc2ccccc2[nH]c1=O. The van der Waals surface area contributed by atoms with Gasteiger partial charge in [0.1, 0.15) is 0 Å². The van der Waals surface area contributed by atoms with Crippen molar-refractivity contribution in [2.75, 3.05) is 0 Å². The molecule has 0 saturated carbocycles. The molecule has 0 fully saturated rings. The first-order chi connectivity index (χ1) is 10.6. The number of benzene rings is 2. The number of halogens is 1. The van der Waals surface area contributed by atoms with Crippen LogP contribution in [-0.4, -0.2) is 10.8 Å². The Morgan fingerprint density at radius 1 is 1.05 bits per heavy atom. The fraction of sp³-hybridized carbons (Fsp3) is 0. The summed E-state index contributed by atoms with van der Waals surface area (Å²) in [7, 11) is 0. The van der Waals surface area contributed by atoms with Gasteiger partial charge in [0.15, 0.2) is 5.78 Å². The van der Waals surface area contributed by atoms with E-state index in [9.17, 15) is 9.59 Å². The first-order valence-electron chi connectivity index (χ1n) is 6.73. The highest BCUT2D eigenvalue weighted by atomic mass is 35.5. The monoisotopic (exact) mass is 309 g/mol. The molecule has 0 aliphatic carbocycles. The minimum absolute atomic E-state index is 0.129. The largest absolute Gasteiger partial charge is 0.321 e. The number of aromatic nitrogens is 1. The van der Waals surface area contributed by atoms with Gasteiger partial charge in [-0.15, -0.1) is 0 Å². The number of hydrogen-bond donors (Lipinski definition) is 1. The molecule has 0 aliphatic heterocycles. The molecule has 0 aliphatic rings. The summed E-state index contributed by atoms with van der Waals surface area (Å²) in [6.07, 6.45) is 3.05. The summed E-state index contributed by atoms with van der Waals surface area (Å²) in [5.41, 5.74) is 1.30. The zero-order valence-corrected chi connectivity index (χ0v) is 12.3. The molecule has 3 rings (SSSR count). The Bertz CT molecular complexity index is 924. The topological polar surface area (TPSA) is 49.9 Å². The van der Waals surface area contributed by atoms with Crippen molar-refractivity contribution >= 4 is 34.4 Å². The van der Waals surface area contributed by atoms with Gasteiger partial charge < -0.3 is 4.98 Å². The Morgan fingerprint density at radius 3 is 2.55 bits per heavy atom. The van der Waals surface area contributed by atoms with Gasteiger partial charge in [0.05, 0.1) is 5.56 Å². The molecule has 1 aromatic heterocycles. The van der Waals surface area contributed by atoms with E-state index in [1.807, 2.05) is 18.2 Å². The average Bonchev–Trinajstić information content (AvgIpc) is 2.53. The van der Waals surface area contributed by atoms with Crippen LogP contribution < -0.4 is 5.56 Å². The van der Waals surface area contributed by atoms with Gasteiger partial charge >= 0.3 is 0 Å². The molecule has 0 spiro atoms. The van der Waals surface area contributed by atoms with Crippen LogP contribution >= 0.6 is 11.6 Å². The summed E-state index contributed by atoms with van der Waals surface area (Å²) in [6.45, 7) is 0. The van der Waals surface area contributed by atoms with E-state index in [2.05, 4.69) is 4.98 Å². The lowest BCUT2D eigenvalue weighted by Crippen LogP contribution is -2.16. The highest BCUT2D eigenvalue weighted by Crippen LogP contribution is 2.13. The number of H-pyrrole nitrogens is 1. The van der Waals surface area contributed by atoms with E-state index in [4.69, 9.17) is 11.6 Å². The molecule has 1 N–H and O–H groups in total. The number of carbonyl (C=O) groups is 1. The smallest absolute Gasteiger partial charge is 0.259 e. The molecule has 0 saturated heterocycles. The summed E-state index contributed by atoms with van der Waals surface area (Å²) in [4.78, 5) is 26.9. The number of hydrogen-bond acceptors (Lipinski definition) is 2. The zero-order chi connectivity index (χ0) is 15.5. The van der Waals surface area contributed by atoms with Crippen molar-refractivity contribution in [1.29, 1.82) is 0 Å². The van der Waals surface area contributed by atoms with E-state index in [0.717, 1.165) is 10.9 Å². The molecule has 3 nitrogen and oxygen atoms in total. The molecular weight excluding hydrogens is 298 g/mol. The van der Waals surface area contributed by atoms with E-state index < -0.39 is 0 Å². The number of rotatable bonds is 3. The van der Waals surface area contributed by atoms with Crippen LogP contribution in [0.5, 0.6) is 0 Å². The Balaban J connectivity index is 1.93. The van der Waals surface area contributed by atoms with Gasteiger partial charge in [-0.2, -0.15) is 0 Å². The van der Waals surface area contributed by atoms with Crippen LogP contribution in [0.2, 0.25) is 5.02 Å². The highest BCUT2D eigenvalue weighted by Gasteiger charge is 2.08. The number of aromatic amines is 1. The van der Waals surface area contributed by atoms with Crippen molar-refractivity contribution < 1.29 is 4.79 Å². The number of allylic oxidation sites excluding steroid dienone is 1. The van der Waals surface area contributed by atoms with Gasteiger partial charge in [-0.25, -0.2) is 0 Å². The Kier molecular flexibility index (Phi) is 3.90. The second-order valence-electron chi connectivity index (χ2n) is 4.85. The van der Waals surface area contributed by atoms with Crippen LogP contribution in [-0.2, 0) is 0 Å². The van der Waals surface area contributed by atoms with Gasteiger partial charge in [-0.1, -0.05) is 48.0 Å². The third kappa shape index (κ3) is 3.00. The number of ketones is 1. The van der Waals surface area contributed by atoms with E-state index in [1.165, 1.54) is 6.08 Å². The van der Waals surface area contributed by atoms with Gasteiger partial charge in [0.25, 0.3) is 5.56 Å². The third-order valence-electron chi connectivity index (χ3n) is 3.32. The average molecular weight is 310 g/mol. The molecule has 108 valence electrons. The molecule has 3 aromatic rings. The van der Waals surface area contributed by atoms with Crippen LogP contribution in [0.25, 0.3) is 17.0 Å². The van der Waals surface area contributed by atoms with Crippen molar-refractivity contribution in [1.82, 2.24) is 4.98 Å². The maximum atomic E-state index is 12.2. The second kappa shape index (κ2) is 6.00. The maximum Gasteiger partial charge on any atom is 0.259 e. The minimum Gasteiger partial charge on any atom is -0.321 e. The normalized spacial score (nSPS) is 11.1. The standard InChI is InChI=1S/C18H12ClNO2/c19-14-8-5-12(6-9-14)7-10-17(21)15-11-13-3-1-2-4-16(13)20-18(15)22/h1-11H,(H,20,22). The predicted molar refractivity (Wildman–Crippen MR) is 89.4 cm³/mol. The molecule has 0 unspecified atom stereocenters. The molecule has 4 heteroatoms. The van der Waals surface area contributed by atoms with Crippen molar-refractivity contribution in [3.8, 4) is 0 Å². The number of carbonyl (C=O) groups excluding carboxylic acids is 1. The van der Waals surface area contributed by atoms with Crippen molar-refractivity contribution in [3.05, 3.63) is 87.2 Å². The molecule has 2 aromatic carbocycles. The van der Waals surface area contributed by atoms with Gasteiger partial charge in [0.2, 0.25) is 0 Å². The summed E-state index contributed by atoms with van der Waals surface area (Å²) >= 11 is 5.81. The first kappa shape index (κ1) is 14.3. The fourth-order valence-corrected chi connectivity index (χ4v) is 2.29. The van der Waals surface area contributed by atoms with Crippen molar-refractivity contribution in [2.45, 2.75) is 0 Å². The van der Waals surface area contributed by atoms with E-state index in [1.54, 1.807) is 42.5 Å². The van der Waals surface area contributed by atoms with Crippen LogP contribution in [0.15, 0.2) is 65.5 Å². The Morgan fingerprint density at radius 2 is 1.77 bits per heavy atom. The van der Waals surface area contributed by atoms with Crippen molar-refractivity contribution in [2.24, 2.45) is 0 Å². The van der Waals surface area contributed by atoms with Crippen LogP contribution in [0, 0.1) is 0 Å². The fourth-order valence-electron chi connectivity index (χ4n) is 2.17. The molecule has 22 heavy (non-hydrogen) atoms. The van der Waals surface area contributed by atoms with E-state index in [-0.39, 0.29) is 16.9 Å². The number of fused-ring (bicyclic) bond motifs is 1. The molecule has 1 heterocycles. The maximum absolute atomic E-state index is 12.2. The summed E-state index contributed by atoms with van der Waals surface area (Å²) in [5.74, 6) is -0.332. The van der Waals surface area contributed by atoms with Crippen LogP contribution in [0.4, 0.5) is 0 Å². The van der Waals surface area contributed by atoms with E-state index in [0.29, 0.717) is 10.5 Å². The number of para-hydroxylation sites is 1. The Labute approximate surface area is 131 Å². The molecule has 0 radical (unpaired) electrons. The lowest BCUT2D eigenvalue weighted by Gasteiger charge is -2.00. The lowest BCUT2D eigenvalue weighted by molar-refractivity contribution is 0.104. The minimum atomic E-state index is -0.385. The summed E-state index contributed by atoms with van der Waals surface area (Å²) in [6, 6.07) is 16.1. The van der Waals surface area contributed by atoms with Gasteiger partial charge in [-0.3, -0.25) is 9.59 Å². The quantitative estimate of drug-likeness (QED) is 0.585. The predicted octanol–water partition coefficient (Wildman–Crippen LogP) is 4.08. The summed E-state index contributed by atoms with van der Waals surface area (Å²) < 4.78 is 0. The zero-order valence-electron chi connectivity index (χ0n) is 11.5. The van der Waals surface area contributed by atoms with E-state index >= 15 is 0 Å². The van der Waals surface area contributed by atoms with Gasteiger partial charge in [-0.05, 0) is 41.3 Å². The summed E-state index contributed by atoms with van der Waals surface area (Å²) in [5, 5.41) is 1.46. The first-order valence-corrected chi connectivity index (χ1v) is 7.11. The van der Waals surface area contributed by atoms with Gasteiger partial charge in [0, 0.05) is 10.5 Å². The van der Waals surface area contributed by atoms with Crippen molar-refractivity contribution in [3.63, 3.8) is 0 Å². The van der Waals surface area contributed by atoms with Crippen LogP contribution in [0.3, 0.4) is 0 Å². The molecule has 0 atom stereocenters. The second-order valence-corrected chi connectivity index (χ2v) is 5.28. The Hall–Kier alpha value is -2.65. The lowest BCUT2D eigenvalue weighted by atomic mass is 10.1. The molecular formula is C18H12ClNO2. The molecule has 0 amide bonds. The molecule has 0 bridgehead atoms. The third-order valence-corrected chi connectivity index (χ3v) is 3.57.